The van der Waals surface area contributed by atoms with Crippen molar-refractivity contribution in [2.75, 3.05) is 13.1 Å². The second-order valence-electron chi connectivity index (χ2n) is 7.21. The van der Waals surface area contributed by atoms with Crippen LogP contribution in [0.5, 0.6) is 0 Å². The molecule has 3 aromatic rings. The molecule has 1 aliphatic rings. The van der Waals surface area contributed by atoms with Crippen molar-refractivity contribution in [3.05, 3.63) is 63.5 Å². The first kappa shape index (κ1) is 18.8. The lowest BCUT2D eigenvalue weighted by molar-refractivity contribution is -0.121. The minimum atomic E-state index is -0.0901. The van der Waals surface area contributed by atoms with E-state index in [4.69, 9.17) is 0 Å². The molecule has 0 saturated carbocycles. The molecule has 7 heteroatoms. The van der Waals surface area contributed by atoms with Crippen LogP contribution in [0.25, 0.3) is 10.2 Å². The molecule has 1 amide bonds. The van der Waals surface area contributed by atoms with E-state index in [1.807, 2.05) is 5.38 Å². The van der Waals surface area contributed by atoms with E-state index in [9.17, 15) is 9.59 Å². The lowest BCUT2D eigenvalue weighted by atomic mass is 10.1. The average Bonchev–Trinajstić information content (AvgIpc) is 3.39. The third kappa shape index (κ3) is 4.48. The van der Waals surface area contributed by atoms with Crippen LogP contribution in [0, 0.1) is 0 Å². The molecule has 2 aromatic heterocycles. The van der Waals surface area contributed by atoms with Crippen LogP contribution >= 0.6 is 11.3 Å². The number of aromatic nitrogens is 2. The Morgan fingerprint density at radius 2 is 1.86 bits per heavy atom. The Balaban J connectivity index is 1.25. The molecule has 4 rings (SSSR count). The van der Waals surface area contributed by atoms with Gasteiger partial charge in [-0.3, -0.25) is 19.1 Å². The van der Waals surface area contributed by atoms with Gasteiger partial charge in [0, 0.05) is 26.1 Å². The van der Waals surface area contributed by atoms with Gasteiger partial charge in [-0.05, 0) is 48.5 Å². The van der Waals surface area contributed by atoms with Crippen LogP contribution in [0.15, 0.2) is 46.8 Å². The van der Waals surface area contributed by atoms with Gasteiger partial charge in [-0.25, -0.2) is 4.98 Å². The molecule has 0 radical (unpaired) electrons. The summed E-state index contributed by atoms with van der Waals surface area (Å²) in [6.07, 6.45) is 4.37. The normalized spacial score (nSPS) is 14.6. The Hall–Kier alpha value is -2.51. The number of aryl methyl sites for hydroxylation is 1. The number of fused-ring (bicyclic) bond motifs is 1. The predicted molar refractivity (Wildman–Crippen MR) is 111 cm³/mol. The second kappa shape index (κ2) is 8.67. The fourth-order valence-electron chi connectivity index (χ4n) is 3.53. The van der Waals surface area contributed by atoms with Crippen molar-refractivity contribution < 1.29 is 4.79 Å². The largest absolute Gasteiger partial charge is 0.352 e. The van der Waals surface area contributed by atoms with Gasteiger partial charge in [-0.1, -0.05) is 24.3 Å². The van der Waals surface area contributed by atoms with Crippen LogP contribution in [-0.4, -0.2) is 33.4 Å². The molecule has 0 spiro atoms. The van der Waals surface area contributed by atoms with E-state index in [1.54, 1.807) is 6.07 Å². The van der Waals surface area contributed by atoms with Gasteiger partial charge in [0.05, 0.1) is 11.7 Å². The van der Waals surface area contributed by atoms with Crippen molar-refractivity contribution in [2.45, 2.75) is 38.9 Å². The van der Waals surface area contributed by atoms with Gasteiger partial charge in [-0.15, -0.1) is 11.3 Å². The molecule has 146 valence electrons. The number of amides is 1. The Morgan fingerprint density at radius 3 is 2.64 bits per heavy atom. The van der Waals surface area contributed by atoms with Crippen molar-refractivity contribution in [2.24, 2.45) is 0 Å². The van der Waals surface area contributed by atoms with Gasteiger partial charge in [0.15, 0.2) is 0 Å². The third-order valence-electron chi connectivity index (χ3n) is 5.15. The molecule has 1 aromatic carbocycles. The quantitative estimate of drug-likeness (QED) is 0.667. The van der Waals surface area contributed by atoms with Crippen LogP contribution in [-0.2, 0) is 24.4 Å². The molecular formula is C21H24N4O2S. The number of carbonyl (C=O) groups is 1. The highest BCUT2D eigenvalue weighted by molar-refractivity contribution is 7.16. The maximum absolute atomic E-state index is 12.3. The molecule has 6 nitrogen and oxygen atoms in total. The van der Waals surface area contributed by atoms with Gasteiger partial charge in [0.25, 0.3) is 5.56 Å². The molecule has 1 fully saturated rings. The minimum absolute atomic E-state index is 0.0709. The van der Waals surface area contributed by atoms with Crippen molar-refractivity contribution >= 4 is 27.5 Å². The predicted octanol–water partition coefficient (Wildman–Crippen LogP) is 2.76. The average molecular weight is 397 g/mol. The van der Waals surface area contributed by atoms with E-state index < -0.39 is 0 Å². The molecule has 28 heavy (non-hydrogen) atoms. The smallest absolute Gasteiger partial charge is 0.262 e. The zero-order valence-electron chi connectivity index (χ0n) is 15.8. The second-order valence-corrected chi connectivity index (χ2v) is 8.10. The highest BCUT2D eigenvalue weighted by Crippen LogP contribution is 2.14. The fourth-order valence-corrected chi connectivity index (χ4v) is 4.25. The van der Waals surface area contributed by atoms with E-state index in [2.05, 4.69) is 39.5 Å². The van der Waals surface area contributed by atoms with Crippen molar-refractivity contribution in [3.63, 3.8) is 0 Å². The van der Waals surface area contributed by atoms with E-state index in [0.29, 0.717) is 18.5 Å². The summed E-state index contributed by atoms with van der Waals surface area (Å²) in [4.78, 5) is 32.0. The number of hydrogen-bond acceptors (Lipinski definition) is 5. The van der Waals surface area contributed by atoms with Crippen molar-refractivity contribution in [1.29, 1.82) is 0 Å². The molecular weight excluding hydrogens is 372 g/mol. The number of hydrogen-bond donors (Lipinski definition) is 1. The van der Waals surface area contributed by atoms with Crippen LogP contribution in [0.3, 0.4) is 0 Å². The number of benzene rings is 1. The number of rotatable bonds is 7. The summed E-state index contributed by atoms with van der Waals surface area (Å²) in [6, 6.07) is 10.2. The van der Waals surface area contributed by atoms with E-state index in [1.165, 1.54) is 53.7 Å². The molecule has 1 saturated heterocycles. The highest BCUT2D eigenvalue weighted by atomic mass is 32.1. The molecule has 0 unspecified atom stereocenters. The SMILES string of the molecule is O=C(CCn1cnc2sccc2c1=O)NCc1ccc(CN2CCCC2)cc1. The van der Waals surface area contributed by atoms with Gasteiger partial charge < -0.3 is 5.32 Å². The first-order valence-corrected chi connectivity index (χ1v) is 10.6. The van der Waals surface area contributed by atoms with Crippen molar-refractivity contribution in [3.8, 4) is 0 Å². The fraction of sp³-hybridized carbons (Fsp3) is 0.381. The molecule has 1 N–H and O–H groups in total. The minimum Gasteiger partial charge on any atom is -0.352 e. The van der Waals surface area contributed by atoms with Crippen LogP contribution in [0.2, 0.25) is 0 Å². The summed E-state index contributed by atoms with van der Waals surface area (Å²) in [5.41, 5.74) is 2.30. The maximum Gasteiger partial charge on any atom is 0.262 e. The topological polar surface area (TPSA) is 67.2 Å². The van der Waals surface area contributed by atoms with Gasteiger partial charge in [0.1, 0.15) is 4.83 Å². The van der Waals surface area contributed by atoms with Crippen LogP contribution < -0.4 is 10.9 Å². The van der Waals surface area contributed by atoms with Crippen molar-refractivity contribution in [1.82, 2.24) is 19.8 Å². The Labute approximate surface area is 167 Å². The summed E-state index contributed by atoms with van der Waals surface area (Å²) in [6.45, 7) is 4.22. The Kier molecular flexibility index (Phi) is 5.83. The number of nitrogens with zero attached hydrogens (tertiary/aromatic N) is 3. The first-order chi connectivity index (χ1) is 13.7. The standard InChI is InChI=1S/C21H24N4O2S/c26-19(7-11-25-15-23-20-18(21(25)27)8-12-28-20)22-13-16-3-5-17(6-4-16)14-24-9-1-2-10-24/h3-6,8,12,15H,1-2,7,9-11,13-14H2,(H,22,26). The highest BCUT2D eigenvalue weighted by Gasteiger charge is 2.11. The number of nitrogens with one attached hydrogen (secondary N) is 1. The monoisotopic (exact) mass is 396 g/mol. The van der Waals surface area contributed by atoms with E-state index >= 15 is 0 Å². The zero-order chi connectivity index (χ0) is 19.3. The maximum atomic E-state index is 12.3. The summed E-state index contributed by atoms with van der Waals surface area (Å²) in [5.74, 6) is -0.0709. The van der Waals surface area contributed by atoms with Gasteiger partial charge >= 0.3 is 0 Å². The summed E-state index contributed by atoms with van der Waals surface area (Å²) >= 11 is 1.44. The van der Waals surface area contributed by atoms with Crippen LogP contribution in [0.1, 0.15) is 30.4 Å². The van der Waals surface area contributed by atoms with Gasteiger partial charge in [-0.2, -0.15) is 0 Å². The van der Waals surface area contributed by atoms with E-state index in [0.717, 1.165) is 16.9 Å². The summed E-state index contributed by atoms with van der Waals surface area (Å²) < 4.78 is 1.50. The molecule has 0 bridgehead atoms. The number of carbonyl (C=O) groups excluding carboxylic acids is 1. The third-order valence-corrected chi connectivity index (χ3v) is 5.97. The summed E-state index contributed by atoms with van der Waals surface area (Å²) in [7, 11) is 0. The molecule has 0 aliphatic carbocycles. The molecule has 0 atom stereocenters. The lowest BCUT2D eigenvalue weighted by Crippen LogP contribution is -2.27. The molecule has 3 heterocycles. The zero-order valence-corrected chi connectivity index (χ0v) is 16.6. The van der Waals surface area contributed by atoms with Gasteiger partial charge in [0.2, 0.25) is 5.91 Å². The Morgan fingerprint density at radius 1 is 1.11 bits per heavy atom. The van der Waals surface area contributed by atoms with Crippen LogP contribution in [0.4, 0.5) is 0 Å². The number of thiophene rings is 1. The summed E-state index contributed by atoms with van der Waals surface area (Å²) in [5, 5.41) is 5.40. The Bertz CT molecular complexity index is 1000. The van der Waals surface area contributed by atoms with E-state index in [-0.39, 0.29) is 17.9 Å². The molecule has 1 aliphatic heterocycles. The lowest BCUT2D eigenvalue weighted by Gasteiger charge is -2.14. The number of likely N-dealkylation sites (tertiary alicyclic amines) is 1. The first-order valence-electron chi connectivity index (χ1n) is 9.68.